The smallest absolute Gasteiger partial charge is 0.311 e. The zero-order valence-corrected chi connectivity index (χ0v) is 14.0. The van der Waals surface area contributed by atoms with Crippen LogP contribution in [0.2, 0.25) is 0 Å². The molecule has 1 amide bonds. The normalized spacial score (nSPS) is 23.2. The van der Waals surface area contributed by atoms with Crippen LogP contribution in [0.25, 0.3) is 0 Å². The quantitative estimate of drug-likeness (QED) is 0.778. The Kier molecular flexibility index (Phi) is 4.80. The van der Waals surface area contributed by atoms with Crippen LogP contribution in [0.4, 0.5) is 0 Å². The van der Waals surface area contributed by atoms with Gasteiger partial charge in [-0.05, 0) is 25.8 Å². The van der Waals surface area contributed by atoms with Gasteiger partial charge in [0.25, 0.3) is 0 Å². The van der Waals surface area contributed by atoms with Crippen molar-refractivity contribution in [2.75, 3.05) is 19.7 Å². The number of nitrogens with zero attached hydrogens (tertiary/aromatic N) is 3. The molecule has 0 N–H and O–H groups in total. The molecule has 1 aromatic heterocycles. The van der Waals surface area contributed by atoms with Crippen molar-refractivity contribution in [1.82, 2.24) is 14.7 Å². The van der Waals surface area contributed by atoms with Crippen LogP contribution in [0.15, 0.2) is 0 Å². The van der Waals surface area contributed by atoms with Gasteiger partial charge in [0, 0.05) is 38.2 Å². The van der Waals surface area contributed by atoms with Gasteiger partial charge in [-0.2, -0.15) is 5.10 Å². The number of cyclic esters (lactones) is 1. The van der Waals surface area contributed by atoms with E-state index in [4.69, 9.17) is 4.74 Å². The summed E-state index contributed by atoms with van der Waals surface area (Å²) in [6.45, 7) is 5.64. The van der Waals surface area contributed by atoms with Crippen molar-refractivity contribution in [2.45, 2.75) is 26.7 Å². The van der Waals surface area contributed by atoms with Crippen molar-refractivity contribution in [1.29, 1.82) is 0 Å². The van der Waals surface area contributed by atoms with Crippen molar-refractivity contribution in [3.8, 4) is 0 Å². The first-order valence-corrected chi connectivity index (χ1v) is 7.41. The van der Waals surface area contributed by atoms with Crippen LogP contribution in [-0.2, 0) is 27.8 Å². The molecule has 2 aliphatic rings. The topological polar surface area (TPSA) is 64.4 Å². The predicted molar refractivity (Wildman–Crippen MR) is 82.8 cm³/mol. The van der Waals surface area contributed by atoms with Gasteiger partial charge in [0.15, 0.2) is 0 Å². The average Bonchev–Trinajstić information content (AvgIpc) is 3.07. The lowest BCUT2D eigenvalue weighted by molar-refractivity contribution is -0.142. The van der Waals surface area contributed by atoms with E-state index < -0.39 is 0 Å². The number of hydrogen-bond acceptors (Lipinski definition) is 4. The summed E-state index contributed by atoms with van der Waals surface area (Å²) in [7, 11) is 1.92. The van der Waals surface area contributed by atoms with E-state index in [1.54, 1.807) is 0 Å². The van der Waals surface area contributed by atoms with Crippen molar-refractivity contribution >= 4 is 24.3 Å². The van der Waals surface area contributed by atoms with Gasteiger partial charge in [-0.3, -0.25) is 14.3 Å². The first kappa shape index (κ1) is 16.8. The van der Waals surface area contributed by atoms with E-state index in [2.05, 4.69) is 5.10 Å². The molecule has 122 valence electrons. The van der Waals surface area contributed by atoms with Crippen LogP contribution >= 0.6 is 12.4 Å². The lowest BCUT2D eigenvalue weighted by atomic mass is 10.0. The molecule has 0 aromatic carbocycles. The minimum absolute atomic E-state index is 0. The molecule has 2 atom stereocenters. The number of hydrogen-bond donors (Lipinski definition) is 0. The highest BCUT2D eigenvalue weighted by Gasteiger charge is 2.45. The van der Waals surface area contributed by atoms with Crippen LogP contribution in [0.5, 0.6) is 0 Å². The molecule has 2 fully saturated rings. The number of ether oxygens (including phenoxy) is 1. The van der Waals surface area contributed by atoms with Crippen molar-refractivity contribution in [3.05, 3.63) is 17.0 Å². The van der Waals surface area contributed by atoms with Crippen molar-refractivity contribution < 1.29 is 14.3 Å². The molecule has 2 saturated heterocycles. The Labute approximate surface area is 136 Å². The lowest BCUT2D eigenvalue weighted by Crippen LogP contribution is -2.31. The molecule has 2 aliphatic heterocycles. The maximum absolute atomic E-state index is 12.3. The molecular formula is C15H22ClN3O3. The molecule has 6 nitrogen and oxygen atoms in total. The number of aromatic nitrogens is 2. The fourth-order valence-corrected chi connectivity index (χ4v) is 3.38. The highest BCUT2D eigenvalue weighted by atomic mass is 35.5. The van der Waals surface area contributed by atoms with E-state index in [0.717, 1.165) is 17.0 Å². The molecule has 0 radical (unpaired) electrons. The van der Waals surface area contributed by atoms with Gasteiger partial charge in [0.05, 0.1) is 18.2 Å². The Morgan fingerprint density at radius 1 is 1.36 bits per heavy atom. The van der Waals surface area contributed by atoms with E-state index in [0.29, 0.717) is 32.5 Å². The third-order valence-corrected chi connectivity index (χ3v) is 4.78. The number of carbonyl (C=O) groups excluding carboxylic acids is 2. The Balaban J connectivity index is 0.00000176. The second-order valence-corrected chi connectivity index (χ2v) is 6.07. The zero-order valence-electron chi connectivity index (χ0n) is 13.2. The third-order valence-electron chi connectivity index (χ3n) is 4.78. The number of amides is 1. The molecule has 0 bridgehead atoms. The molecule has 22 heavy (non-hydrogen) atoms. The van der Waals surface area contributed by atoms with Gasteiger partial charge in [-0.15, -0.1) is 12.4 Å². The summed E-state index contributed by atoms with van der Waals surface area (Å²) >= 11 is 0. The van der Waals surface area contributed by atoms with Gasteiger partial charge in [0.1, 0.15) is 0 Å². The van der Waals surface area contributed by atoms with E-state index in [-0.39, 0.29) is 36.1 Å². The molecule has 0 aliphatic carbocycles. The van der Waals surface area contributed by atoms with E-state index in [1.807, 2.05) is 30.5 Å². The average molecular weight is 328 g/mol. The van der Waals surface area contributed by atoms with Crippen LogP contribution < -0.4 is 0 Å². The van der Waals surface area contributed by atoms with Gasteiger partial charge in [-0.25, -0.2) is 0 Å². The highest BCUT2D eigenvalue weighted by Crippen LogP contribution is 2.30. The standard InChI is InChI=1S/C15H21N3O3.ClH/c1-9-12(10(2)17(3)16-9)4-5-14(19)18-6-11-8-21-15(20)13(11)7-18;/h11,13H,4-8H2,1-3H3;1H/t11-,13-;/m1./s1. The largest absolute Gasteiger partial charge is 0.465 e. The first-order valence-electron chi connectivity index (χ1n) is 7.41. The number of fused-ring (bicyclic) bond motifs is 1. The molecule has 0 unspecified atom stereocenters. The highest BCUT2D eigenvalue weighted by molar-refractivity contribution is 5.85. The Morgan fingerprint density at radius 2 is 2.09 bits per heavy atom. The number of rotatable bonds is 3. The summed E-state index contributed by atoms with van der Waals surface area (Å²) < 4.78 is 6.88. The minimum Gasteiger partial charge on any atom is -0.465 e. The summed E-state index contributed by atoms with van der Waals surface area (Å²) in [5.74, 6) is 0.0771. The van der Waals surface area contributed by atoms with Gasteiger partial charge in [-0.1, -0.05) is 0 Å². The van der Waals surface area contributed by atoms with Crippen LogP contribution in [0.1, 0.15) is 23.4 Å². The predicted octanol–water partition coefficient (Wildman–Crippen LogP) is 1.02. The minimum atomic E-state index is -0.144. The van der Waals surface area contributed by atoms with Crippen LogP contribution in [0.3, 0.4) is 0 Å². The number of likely N-dealkylation sites (tertiary alicyclic amines) is 1. The molecule has 0 spiro atoms. The summed E-state index contributed by atoms with van der Waals surface area (Å²) in [6, 6.07) is 0. The second-order valence-electron chi connectivity index (χ2n) is 6.07. The number of halogens is 1. The third kappa shape index (κ3) is 2.84. The van der Waals surface area contributed by atoms with Crippen LogP contribution in [0, 0.1) is 25.7 Å². The Hall–Kier alpha value is -1.56. The monoisotopic (exact) mass is 327 g/mol. The molecular weight excluding hydrogens is 306 g/mol. The fraction of sp³-hybridized carbons (Fsp3) is 0.667. The van der Waals surface area contributed by atoms with Gasteiger partial charge >= 0.3 is 5.97 Å². The maximum atomic E-state index is 12.3. The van der Waals surface area contributed by atoms with E-state index in [9.17, 15) is 9.59 Å². The molecule has 3 rings (SSSR count). The molecule has 3 heterocycles. The summed E-state index contributed by atoms with van der Waals surface area (Å²) in [5, 5.41) is 4.37. The van der Waals surface area contributed by atoms with Gasteiger partial charge < -0.3 is 9.64 Å². The lowest BCUT2D eigenvalue weighted by Gasteiger charge is -2.17. The summed E-state index contributed by atoms with van der Waals surface area (Å²) in [6.07, 6.45) is 1.18. The van der Waals surface area contributed by atoms with E-state index >= 15 is 0 Å². The zero-order chi connectivity index (χ0) is 15.1. The fourth-order valence-electron chi connectivity index (χ4n) is 3.38. The SMILES string of the molecule is Cc1nn(C)c(C)c1CCC(=O)N1C[C@@H]2COC(=O)[C@@H]2C1.Cl. The summed E-state index contributed by atoms with van der Waals surface area (Å²) in [4.78, 5) is 25.7. The van der Waals surface area contributed by atoms with Crippen molar-refractivity contribution in [3.63, 3.8) is 0 Å². The Bertz CT molecular complexity index is 599. The second kappa shape index (κ2) is 6.28. The molecule has 1 aromatic rings. The molecule has 7 heteroatoms. The van der Waals surface area contributed by atoms with E-state index in [1.165, 1.54) is 0 Å². The molecule has 0 saturated carbocycles. The number of esters is 1. The number of aryl methyl sites for hydroxylation is 2. The first-order chi connectivity index (χ1) is 9.97. The van der Waals surface area contributed by atoms with Crippen LogP contribution in [-0.4, -0.2) is 46.3 Å². The number of carbonyl (C=O) groups is 2. The Morgan fingerprint density at radius 3 is 2.68 bits per heavy atom. The summed E-state index contributed by atoms with van der Waals surface area (Å²) in [5.41, 5.74) is 3.26. The maximum Gasteiger partial charge on any atom is 0.311 e. The van der Waals surface area contributed by atoms with Gasteiger partial charge in [0.2, 0.25) is 5.91 Å². The van der Waals surface area contributed by atoms with Crippen molar-refractivity contribution in [2.24, 2.45) is 18.9 Å².